The molecule has 1 aliphatic rings. The van der Waals surface area contributed by atoms with E-state index in [2.05, 4.69) is 0 Å². The summed E-state index contributed by atoms with van der Waals surface area (Å²) in [6, 6.07) is 4.01. The molecule has 1 fully saturated rings. The number of amides is 1. The van der Waals surface area contributed by atoms with Gasteiger partial charge in [0.2, 0.25) is 5.91 Å². The Morgan fingerprint density at radius 2 is 2.25 bits per heavy atom. The minimum atomic E-state index is -0.777. The Morgan fingerprint density at radius 3 is 2.75 bits per heavy atom. The zero-order valence-electron chi connectivity index (χ0n) is 12.0. The molecule has 0 spiro atoms. The molecule has 0 radical (unpaired) electrons. The lowest BCUT2D eigenvalue weighted by atomic mass is 9.76. The second kappa shape index (κ2) is 5.95. The summed E-state index contributed by atoms with van der Waals surface area (Å²) in [5, 5.41) is 11.5. The molecule has 110 valence electrons. The summed E-state index contributed by atoms with van der Waals surface area (Å²) in [5.74, 6) is -0.668. The van der Waals surface area contributed by atoms with Crippen molar-refractivity contribution in [3.05, 3.63) is 22.4 Å². The largest absolute Gasteiger partial charge is 0.481 e. The number of thiophene rings is 1. The Labute approximate surface area is 123 Å². The van der Waals surface area contributed by atoms with Crippen molar-refractivity contribution in [2.75, 3.05) is 13.1 Å². The summed E-state index contributed by atoms with van der Waals surface area (Å²) < 4.78 is 0. The molecule has 0 bridgehead atoms. The van der Waals surface area contributed by atoms with Gasteiger partial charge < -0.3 is 10.0 Å². The third kappa shape index (κ3) is 2.87. The molecule has 20 heavy (non-hydrogen) atoms. The SMILES string of the molecule is CC(C)C1(C(=O)O)CCN(C(=O)CCc2cccs2)C1. The normalized spacial score (nSPS) is 22.4. The first-order valence-electron chi connectivity index (χ1n) is 6.99. The molecule has 4 nitrogen and oxygen atoms in total. The molecule has 1 unspecified atom stereocenters. The summed E-state index contributed by atoms with van der Waals surface area (Å²) >= 11 is 1.65. The summed E-state index contributed by atoms with van der Waals surface area (Å²) in [6.45, 7) is 4.76. The molecule has 2 rings (SSSR count). The number of carbonyl (C=O) groups is 2. The van der Waals surface area contributed by atoms with Gasteiger partial charge in [0.05, 0.1) is 5.41 Å². The van der Waals surface area contributed by atoms with Crippen molar-refractivity contribution in [1.29, 1.82) is 0 Å². The Hall–Kier alpha value is -1.36. The van der Waals surface area contributed by atoms with Crippen LogP contribution in [0.3, 0.4) is 0 Å². The molecule has 1 aromatic heterocycles. The van der Waals surface area contributed by atoms with Crippen molar-refractivity contribution >= 4 is 23.2 Å². The summed E-state index contributed by atoms with van der Waals surface area (Å²) in [5.41, 5.74) is -0.765. The van der Waals surface area contributed by atoms with Crippen LogP contribution in [0.15, 0.2) is 17.5 Å². The fourth-order valence-electron chi connectivity index (χ4n) is 2.78. The zero-order chi connectivity index (χ0) is 14.8. The highest BCUT2D eigenvalue weighted by Crippen LogP contribution is 2.38. The van der Waals surface area contributed by atoms with Gasteiger partial charge in [0.15, 0.2) is 0 Å². The molecule has 1 aliphatic heterocycles. The topological polar surface area (TPSA) is 57.6 Å². The number of carboxylic acid groups (broad SMARTS) is 1. The van der Waals surface area contributed by atoms with Crippen LogP contribution in [0.2, 0.25) is 0 Å². The highest BCUT2D eigenvalue weighted by atomic mass is 32.1. The van der Waals surface area contributed by atoms with Gasteiger partial charge in [-0.25, -0.2) is 0 Å². The van der Waals surface area contributed by atoms with E-state index in [0.29, 0.717) is 25.9 Å². The van der Waals surface area contributed by atoms with Crippen molar-refractivity contribution in [2.24, 2.45) is 11.3 Å². The number of likely N-dealkylation sites (tertiary alicyclic amines) is 1. The van der Waals surface area contributed by atoms with Crippen molar-refractivity contribution < 1.29 is 14.7 Å². The van der Waals surface area contributed by atoms with Gasteiger partial charge in [-0.3, -0.25) is 9.59 Å². The number of aliphatic carboxylic acids is 1. The van der Waals surface area contributed by atoms with Crippen LogP contribution in [0.1, 0.15) is 31.6 Å². The van der Waals surface area contributed by atoms with Crippen molar-refractivity contribution in [2.45, 2.75) is 33.1 Å². The van der Waals surface area contributed by atoms with E-state index in [0.717, 1.165) is 6.42 Å². The van der Waals surface area contributed by atoms with Crippen LogP contribution in [-0.4, -0.2) is 35.0 Å². The van der Waals surface area contributed by atoms with E-state index >= 15 is 0 Å². The first kappa shape index (κ1) is 15.0. The molecule has 5 heteroatoms. The molecular formula is C15H21NO3S. The molecule has 0 aliphatic carbocycles. The second-order valence-electron chi connectivity index (χ2n) is 5.76. The minimum Gasteiger partial charge on any atom is -0.481 e. The maximum atomic E-state index is 12.2. The van der Waals surface area contributed by atoms with Crippen LogP contribution in [0.5, 0.6) is 0 Å². The third-order valence-corrected chi connectivity index (χ3v) is 5.29. The molecule has 1 amide bonds. The van der Waals surface area contributed by atoms with Crippen LogP contribution in [0, 0.1) is 11.3 Å². The number of carboxylic acids is 1. The first-order valence-corrected chi connectivity index (χ1v) is 7.87. The summed E-state index contributed by atoms with van der Waals surface area (Å²) in [6.07, 6.45) is 1.77. The van der Waals surface area contributed by atoms with Gasteiger partial charge >= 0.3 is 5.97 Å². The zero-order valence-corrected chi connectivity index (χ0v) is 12.8. The van der Waals surface area contributed by atoms with Crippen molar-refractivity contribution in [3.8, 4) is 0 Å². The quantitative estimate of drug-likeness (QED) is 0.908. The summed E-state index contributed by atoms with van der Waals surface area (Å²) in [7, 11) is 0. The maximum absolute atomic E-state index is 12.2. The number of nitrogens with zero attached hydrogens (tertiary/aromatic N) is 1. The molecule has 1 atom stereocenters. The molecule has 0 aromatic carbocycles. The lowest BCUT2D eigenvalue weighted by molar-refractivity contribution is -0.151. The van der Waals surface area contributed by atoms with Gasteiger partial charge in [0.1, 0.15) is 0 Å². The van der Waals surface area contributed by atoms with Crippen LogP contribution < -0.4 is 0 Å². The summed E-state index contributed by atoms with van der Waals surface area (Å²) in [4.78, 5) is 26.7. The lowest BCUT2D eigenvalue weighted by Crippen LogP contribution is -2.40. The standard InChI is InChI=1S/C15H21NO3S/c1-11(2)15(14(18)19)7-8-16(10-15)13(17)6-5-12-4-3-9-20-12/h3-4,9,11H,5-8,10H2,1-2H3,(H,18,19). The number of hydrogen-bond donors (Lipinski definition) is 1. The van der Waals surface area contributed by atoms with E-state index < -0.39 is 11.4 Å². The van der Waals surface area contributed by atoms with E-state index in [1.807, 2.05) is 31.4 Å². The lowest BCUT2D eigenvalue weighted by Gasteiger charge is -2.28. The predicted molar refractivity (Wildman–Crippen MR) is 78.7 cm³/mol. The number of carbonyl (C=O) groups excluding carboxylic acids is 1. The molecule has 2 heterocycles. The van der Waals surface area contributed by atoms with Gasteiger partial charge in [-0.2, -0.15) is 0 Å². The average molecular weight is 295 g/mol. The van der Waals surface area contributed by atoms with E-state index in [9.17, 15) is 14.7 Å². The number of hydrogen-bond acceptors (Lipinski definition) is 3. The van der Waals surface area contributed by atoms with Crippen LogP contribution in [0.4, 0.5) is 0 Å². The maximum Gasteiger partial charge on any atom is 0.311 e. The molecule has 0 saturated carbocycles. The van der Waals surface area contributed by atoms with E-state index in [4.69, 9.17) is 0 Å². The average Bonchev–Trinajstić information content (AvgIpc) is 3.05. The molecular weight excluding hydrogens is 274 g/mol. The van der Waals surface area contributed by atoms with Crippen LogP contribution in [-0.2, 0) is 16.0 Å². The monoisotopic (exact) mass is 295 g/mol. The predicted octanol–water partition coefficient (Wildman–Crippen LogP) is 2.64. The third-order valence-electron chi connectivity index (χ3n) is 4.35. The fourth-order valence-corrected chi connectivity index (χ4v) is 3.49. The first-order chi connectivity index (χ1) is 9.45. The highest BCUT2D eigenvalue weighted by Gasteiger charge is 2.48. The molecule has 1 saturated heterocycles. The van der Waals surface area contributed by atoms with E-state index in [1.54, 1.807) is 16.2 Å². The molecule has 1 aromatic rings. The Morgan fingerprint density at radius 1 is 1.50 bits per heavy atom. The fraction of sp³-hybridized carbons (Fsp3) is 0.600. The number of aryl methyl sites for hydroxylation is 1. The van der Waals surface area contributed by atoms with Gasteiger partial charge in [0, 0.05) is 24.4 Å². The van der Waals surface area contributed by atoms with Crippen molar-refractivity contribution in [1.82, 2.24) is 4.90 Å². The Bertz CT molecular complexity index is 483. The van der Waals surface area contributed by atoms with Gasteiger partial charge in [-0.05, 0) is 30.2 Å². The second-order valence-corrected chi connectivity index (χ2v) is 6.79. The van der Waals surface area contributed by atoms with E-state index in [1.165, 1.54) is 4.88 Å². The Balaban J connectivity index is 1.94. The van der Waals surface area contributed by atoms with Gasteiger partial charge in [-0.1, -0.05) is 19.9 Å². The Kier molecular flexibility index (Phi) is 4.48. The van der Waals surface area contributed by atoms with Crippen LogP contribution >= 0.6 is 11.3 Å². The van der Waals surface area contributed by atoms with Crippen LogP contribution in [0.25, 0.3) is 0 Å². The number of rotatable bonds is 5. The minimum absolute atomic E-state index is 0.0371. The smallest absolute Gasteiger partial charge is 0.311 e. The van der Waals surface area contributed by atoms with Gasteiger partial charge in [0.25, 0.3) is 0 Å². The van der Waals surface area contributed by atoms with E-state index in [-0.39, 0.29) is 11.8 Å². The van der Waals surface area contributed by atoms with Crippen molar-refractivity contribution in [3.63, 3.8) is 0 Å². The molecule has 1 N–H and O–H groups in total. The highest BCUT2D eigenvalue weighted by molar-refractivity contribution is 7.09. The van der Waals surface area contributed by atoms with Gasteiger partial charge in [-0.15, -0.1) is 11.3 Å².